The molecule has 0 saturated heterocycles. The predicted molar refractivity (Wildman–Crippen MR) is 72.0 cm³/mol. The fourth-order valence-electron chi connectivity index (χ4n) is 1.39. The van der Waals surface area contributed by atoms with Crippen LogP contribution in [0.1, 0.15) is 24.2 Å². The molecule has 1 aromatic rings. The van der Waals surface area contributed by atoms with E-state index < -0.39 is 0 Å². The minimum Gasteiger partial charge on any atom is -0.399 e. The van der Waals surface area contributed by atoms with E-state index in [2.05, 4.69) is 21.2 Å². The quantitative estimate of drug-likeness (QED) is 0.819. The Bertz CT molecular complexity index is 396. The summed E-state index contributed by atoms with van der Waals surface area (Å²) in [4.78, 5) is 11.9. The molecule has 0 saturated carbocycles. The number of carbonyl (C=O) groups is 1. The van der Waals surface area contributed by atoms with Gasteiger partial charge >= 0.3 is 0 Å². The van der Waals surface area contributed by atoms with Gasteiger partial charge in [0.2, 0.25) is 0 Å². The average Bonchev–Trinajstić information content (AvgIpc) is 2.29. The van der Waals surface area contributed by atoms with Crippen LogP contribution < -0.4 is 11.1 Å². The molecular formula is C12H17BrN2O2. The largest absolute Gasteiger partial charge is 0.399 e. The molecule has 0 radical (unpaired) electrons. The van der Waals surface area contributed by atoms with Crippen LogP contribution in [0.2, 0.25) is 0 Å². The van der Waals surface area contributed by atoms with Gasteiger partial charge in [-0.1, -0.05) is 0 Å². The maximum atomic E-state index is 11.9. The number of nitrogens with one attached hydrogen (secondary N) is 1. The summed E-state index contributed by atoms with van der Waals surface area (Å²) in [6.07, 6.45) is 0.00350. The van der Waals surface area contributed by atoms with E-state index in [4.69, 9.17) is 10.5 Å². The highest BCUT2D eigenvalue weighted by molar-refractivity contribution is 9.10. The van der Waals surface area contributed by atoms with Crippen LogP contribution in [-0.4, -0.2) is 25.2 Å². The maximum Gasteiger partial charge on any atom is 0.252 e. The first-order valence-corrected chi connectivity index (χ1v) is 6.28. The summed E-state index contributed by atoms with van der Waals surface area (Å²) < 4.78 is 6.06. The number of hydrogen-bond donors (Lipinski definition) is 2. The van der Waals surface area contributed by atoms with Gasteiger partial charge in [0.25, 0.3) is 5.91 Å². The molecule has 0 aliphatic carbocycles. The zero-order valence-electron chi connectivity index (χ0n) is 10.00. The molecule has 1 unspecified atom stereocenters. The fourth-order valence-corrected chi connectivity index (χ4v) is 1.82. The van der Waals surface area contributed by atoms with Gasteiger partial charge in [0, 0.05) is 23.3 Å². The van der Waals surface area contributed by atoms with E-state index >= 15 is 0 Å². The van der Waals surface area contributed by atoms with Crippen LogP contribution in [0.5, 0.6) is 0 Å². The number of carbonyl (C=O) groups excluding carboxylic acids is 1. The molecule has 1 atom stereocenters. The molecule has 0 aliphatic rings. The second-order valence-corrected chi connectivity index (χ2v) is 4.57. The third kappa shape index (κ3) is 4.36. The molecule has 0 bridgehead atoms. The van der Waals surface area contributed by atoms with Gasteiger partial charge in [0.1, 0.15) is 0 Å². The SMILES string of the molecule is CCOC(C)CNC(=O)c1cc(N)ccc1Br. The lowest BCUT2D eigenvalue weighted by molar-refractivity contribution is 0.0695. The number of benzene rings is 1. The summed E-state index contributed by atoms with van der Waals surface area (Å²) in [5.41, 5.74) is 6.75. The minimum atomic E-state index is -0.157. The number of nitrogens with two attached hydrogens (primary N) is 1. The van der Waals surface area contributed by atoms with Gasteiger partial charge in [-0.2, -0.15) is 0 Å². The predicted octanol–water partition coefficient (Wildman–Crippen LogP) is 2.19. The molecule has 5 heteroatoms. The van der Waals surface area contributed by atoms with Gasteiger partial charge in [0.15, 0.2) is 0 Å². The van der Waals surface area contributed by atoms with Crippen LogP contribution in [0.25, 0.3) is 0 Å². The number of halogens is 1. The lowest BCUT2D eigenvalue weighted by Crippen LogP contribution is -2.32. The Morgan fingerprint density at radius 2 is 2.29 bits per heavy atom. The van der Waals surface area contributed by atoms with Crippen molar-refractivity contribution in [3.8, 4) is 0 Å². The van der Waals surface area contributed by atoms with Crippen LogP contribution in [0.15, 0.2) is 22.7 Å². The summed E-state index contributed by atoms with van der Waals surface area (Å²) in [6, 6.07) is 5.14. The Hall–Kier alpha value is -1.07. The topological polar surface area (TPSA) is 64.3 Å². The number of hydrogen-bond acceptors (Lipinski definition) is 3. The van der Waals surface area contributed by atoms with Crippen molar-refractivity contribution in [2.45, 2.75) is 20.0 Å². The third-order valence-electron chi connectivity index (χ3n) is 2.24. The Balaban J connectivity index is 2.61. The van der Waals surface area contributed by atoms with Crippen LogP contribution >= 0.6 is 15.9 Å². The van der Waals surface area contributed by atoms with E-state index in [1.165, 1.54) is 0 Å². The van der Waals surface area contributed by atoms with Gasteiger partial charge in [-0.15, -0.1) is 0 Å². The van der Waals surface area contributed by atoms with Gasteiger partial charge in [-0.3, -0.25) is 4.79 Å². The normalized spacial score (nSPS) is 12.2. The van der Waals surface area contributed by atoms with Crippen LogP contribution in [0.4, 0.5) is 5.69 Å². The standard InChI is InChI=1S/C12H17BrN2O2/c1-3-17-8(2)7-15-12(16)10-6-9(14)4-5-11(10)13/h4-6,8H,3,7,14H2,1-2H3,(H,15,16). The van der Waals surface area contributed by atoms with Crippen LogP contribution in [-0.2, 0) is 4.74 Å². The summed E-state index contributed by atoms with van der Waals surface area (Å²) in [7, 11) is 0. The van der Waals surface area contributed by atoms with E-state index in [9.17, 15) is 4.79 Å². The smallest absolute Gasteiger partial charge is 0.252 e. The molecule has 0 aromatic heterocycles. The van der Waals surface area contributed by atoms with Crippen molar-refractivity contribution < 1.29 is 9.53 Å². The zero-order valence-corrected chi connectivity index (χ0v) is 11.6. The van der Waals surface area contributed by atoms with Gasteiger partial charge in [-0.25, -0.2) is 0 Å². The highest BCUT2D eigenvalue weighted by Crippen LogP contribution is 2.19. The molecule has 0 fully saturated rings. The molecule has 3 N–H and O–H groups in total. The number of rotatable bonds is 5. The summed E-state index contributed by atoms with van der Waals surface area (Å²) in [5.74, 6) is -0.157. The van der Waals surface area contributed by atoms with Crippen LogP contribution in [0.3, 0.4) is 0 Å². The summed E-state index contributed by atoms with van der Waals surface area (Å²) >= 11 is 3.32. The highest BCUT2D eigenvalue weighted by atomic mass is 79.9. The first-order valence-electron chi connectivity index (χ1n) is 5.49. The number of amides is 1. The first kappa shape index (κ1) is 14.0. The first-order chi connectivity index (χ1) is 8.04. The van der Waals surface area contributed by atoms with Crippen molar-refractivity contribution in [3.63, 3.8) is 0 Å². The minimum absolute atomic E-state index is 0.00350. The lowest BCUT2D eigenvalue weighted by atomic mass is 10.2. The van der Waals surface area contributed by atoms with Gasteiger partial charge < -0.3 is 15.8 Å². The molecule has 17 heavy (non-hydrogen) atoms. The molecule has 4 nitrogen and oxygen atoms in total. The van der Waals surface area contributed by atoms with Crippen molar-refractivity contribution in [1.29, 1.82) is 0 Å². The molecule has 0 heterocycles. The number of anilines is 1. The lowest BCUT2D eigenvalue weighted by Gasteiger charge is -2.13. The van der Waals surface area contributed by atoms with Crippen molar-refractivity contribution >= 4 is 27.5 Å². The van der Waals surface area contributed by atoms with E-state index in [1.807, 2.05) is 13.8 Å². The zero-order chi connectivity index (χ0) is 12.8. The monoisotopic (exact) mass is 300 g/mol. The molecule has 1 amide bonds. The number of nitrogen functional groups attached to an aromatic ring is 1. The fraction of sp³-hybridized carbons (Fsp3) is 0.417. The van der Waals surface area contributed by atoms with E-state index in [0.717, 1.165) is 4.47 Å². The molecular weight excluding hydrogens is 284 g/mol. The van der Waals surface area contributed by atoms with E-state index in [0.29, 0.717) is 24.4 Å². The molecule has 94 valence electrons. The second-order valence-electron chi connectivity index (χ2n) is 3.72. The van der Waals surface area contributed by atoms with E-state index in [1.54, 1.807) is 18.2 Å². The summed E-state index contributed by atoms with van der Waals surface area (Å²) in [6.45, 7) is 4.96. The second kappa shape index (κ2) is 6.61. The average molecular weight is 301 g/mol. The van der Waals surface area contributed by atoms with Crippen molar-refractivity contribution in [3.05, 3.63) is 28.2 Å². The molecule has 0 aliphatic heterocycles. The van der Waals surface area contributed by atoms with E-state index in [-0.39, 0.29) is 12.0 Å². The van der Waals surface area contributed by atoms with Gasteiger partial charge in [0.05, 0.1) is 11.7 Å². The van der Waals surface area contributed by atoms with Crippen molar-refractivity contribution in [2.24, 2.45) is 0 Å². The Kier molecular flexibility index (Phi) is 5.44. The van der Waals surface area contributed by atoms with Gasteiger partial charge in [-0.05, 0) is 48.0 Å². The summed E-state index contributed by atoms with van der Waals surface area (Å²) in [5, 5.41) is 2.80. The highest BCUT2D eigenvalue weighted by Gasteiger charge is 2.11. The number of ether oxygens (including phenoxy) is 1. The van der Waals surface area contributed by atoms with Crippen molar-refractivity contribution in [1.82, 2.24) is 5.32 Å². The Morgan fingerprint density at radius 3 is 2.94 bits per heavy atom. The van der Waals surface area contributed by atoms with Crippen molar-refractivity contribution in [2.75, 3.05) is 18.9 Å². The Morgan fingerprint density at radius 1 is 1.59 bits per heavy atom. The molecule has 1 aromatic carbocycles. The van der Waals surface area contributed by atoms with Crippen LogP contribution in [0, 0.1) is 0 Å². The molecule has 1 rings (SSSR count). The molecule has 0 spiro atoms. The third-order valence-corrected chi connectivity index (χ3v) is 2.93. The maximum absolute atomic E-state index is 11.9. The Labute approximate surface area is 110 Å².